The minimum atomic E-state index is -0.444. The average molecular weight is 310 g/mol. The van der Waals surface area contributed by atoms with E-state index in [-0.39, 0.29) is 11.9 Å². The second-order valence-electron chi connectivity index (χ2n) is 6.26. The summed E-state index contributed by atoms with van der Waals surface area (Å²) in [7, 11) is 0. The zero-order valence-corrected chi connectivity index (χ0v) is 13.3. The molecule has 1 saturated carbocycles. The number of rotatable bonds is 3. The van der Waals surface area contributed by atoms with Crippen LogP contribution < -0.4 is 5.32 Å². The highest BCUT2D eigenvalue weighted by atomic mass is 16.3. The number of aryl methyl sites for hydroxylation is 1. The Bertz CT molecular complexity index is 699. The van der Waals surface area contributed by atoms with Crippen LogP contribution in [0.1, 0.15) is 41.6 Å². The van der Waals surface area contributed by atoms with E-state index >= 15 is 0 Å². The van der Waals surface area contributed by atoms with Gasteiger partial charge in [0.2, 0.25) is 0 Å². The molecule has 0 aliphatic heterocycles. The number of nitrogens with one attached hydrogen (secondary N) is 1. The molecule has 0 saturated heterocycles. The van der Waals surface area contributed by atoms with Crippen molar-refractivity contribution in [3.05, 3.63) is 53.9 Å². The number of nitrogens with zero attached hydrogens (tertiary/aromatic N) is 1. The lowest BCUT2D eigenvalue weighted by atomic mass is 9.92. The molecule has 1 fully saturated rings. The fraction of sp³-hybridized carbons (Fsp3) is 0.368. The van der Waals surface area contributed by atoms with Crippen molar-refractivity contribution in [1.82, 2.24) is 10.3 Å². The Hall–Kier alpha value is -2.20. The molecule has 0 spiro atoms. The second-order valence-corrected chi connectivity index (χ2v) is 6.26. The van der Waals surface area contributed by atoms with Gasteiger partial charge in [-0.25, -0.2) is 0 Å². The third-order valence-corrected chi connectivity index (χ3v) is 4.40. The molecule has 2 atom stereocenters. The van der Waals surface area contributed by atoms with Gasteiger partial charge in [0.15, 0.2) is 0 Å². The van der Waals surface area contributed by atoms with Crippen molar-refractivity contribution in [2.24, 2.45) is 0 Å². The van der Waals surface area contributed by atoms with Crippen LogP contribution in [0.25, 0.3) is 11.1 Å². The van der Waals surface area contributed by atoms with Gasteiger partial charge in [-0.15, -0.1) is 0 Å². The van der Waals surface area contributed by atoms with E-state index in [1.165, 1.54) is 5.56 Å². The molecule has 2 aromatic rings. The third-order valence-electron chi connectivity index (χ3n) is 4.40. The summed E-state index contributed by atoms with van der Waals surface area (Å²) < 4.78 is 0. The third kappa shape index (κ3) is 3.77. The van der Waals surface area contributed by atoms with E-state index in [0.717, 1.165) is 36.8 Å². The van der Waals surface area contributed by atoms with Crippen LogP contribution in [0.5, 0.6) is 0 Å². The molecule has 0 unspecified atom stereocenters. The number of amides is 1. The maximum absolute atomic E-state index is 12.4. The minimum Gasteiger partial charge on any atom is -0.391 e. The van der Waals surface area contributed by atoms with Gasteiger partial charge in [-0.3, -0.25) is 9.78 Å². The Kier molecular flexibility index (Phi) is 4.72. The van der Waals surface area contributed by atoms with Crippen molar-refractivity contribution < 1.29 is 9.90 Å². The van der Waals surface area contributed by atoms with Crippen molar-refractivity contribution in [1.29, 1.82) is 0 Å². The van der Waals surface area contributed by atoms with Crippen LogP contribution >= 0.6 is 0 Å². The van der Waals surface area contributed by atoms with Crippen LogP contribution in [0.15, 0.2) is 42.7 Å². The molecule has 2 N–H and O–H groups in total. The molecule has 1 aromatic carbocycles. The van der Waals surface area contributed by atoms with Crippen molar-refractivity contribution in [3.63, 3.8) is 0 Å². The van der Waals surface area contributed by atoms with Crippen LogP contribution in [-0.4, -0.2) is 28.1 Å². The molecule has 0 bridgehead atoms. The Morgan fingerprint density at radius 1 is 1.17 bits per heavy atom. The number of hydrogen-bond donors (Lipinski definition) is 2. The van der Waals surface area contributed by atoms with Gasteiger partial charge in [0, 0.05) is 18.0 Å². The van der Waals surface area contributed by atoms with Gasteiger partial charge in [0.25, 0.3) is 5.91 Å². The lowest BCUT2D eigenvalue weighted by Gasteiger charge is -2.28. The maximum Gasteiger partial charge on any atom is 0.253 e. The lowest BCUT2D eigenvalue weighted by molar-refractivity contribution is 0.0717. The van der Waals surface area contributed by atoms with Crippen molar-refractivity contribution in [3.8, 4) is 11.1 Å². The van der Waals surface area contributed by atoms with E-state index in [9.17, 15) is 9.90 Å². The standard InChI is InChI=1S/C19H22N2O2/c1-13-5-4-6-14(9-13)15-10-16(12-20-11-15)19(23)21-17-7-2-3-8-18(17)22/h4-6,9-12,17-18,22H,2-3,7-8H2,1H3,(H,21,23)/t17-,18-/m0/s1. The van der Waals surface area contributed by atoms with E-state index < -0.39 is 6.10 Å². The van der Waals surface area contributed by atoms with Gasteiger partial charge in [-0.05, 0) is 31.4 Å². The molecule has 1 aliphatic rings. The summed E-state index contributed by atoms with van der Waals surface area (Å²) >= 11 is 0. The lowest BCUT2D eigenvalue weighted by Crippen LogP contribution is -2.45. The zero-order valence-electron chi connectivity index (χ0n) is 13.3. The number of aromatic nitrogens is 1. The minimum absolute atomic E-state index is 0.154. The van der Waals surface area contributed by atoms with E-state index in [0.29, 0.717) is 5.56 Å². The molecule has 0 radical (unpaired) electrons. The maximum atomic E-state index is 12.4. The first-order chi connectivity index (χ1) is 11.1. The predicted octanol–water partition coefficient (Wildman–Crippen LogP) is 3.09. The molecular formula is C19H22N2O2. The molecular weight excluding hydrogens is 288 g/mol. The summed E-state index contributed by atoms with van der Waals surface area (Å²) in [5.74, 6) is -0.169. The summed E-state index contributed by atoms with van der Waals surface area (Å²) in [6.45, 7) is 2.04. The van der Waals surface area contributed by atoms with Gasteiger partial charge in [0.1, 0.15) is 0 Å². The Morgan fingerprint density at radius 3 is 2.78 bits per heavy atom. The van der Waals surface area contributed by atoms with Crippen molar-refractivity contribution >= 4 is 5.91 Å². The van der Waals surface area contributed by atoms with Gasteiger partial charge < -0.3 is 10.4 Å². The molecule has 3 rings (SSSR count). The summed E-state index contributed by atoms with van der Waals surface area (Å²) in [5, 5.41) is 12.9. The fourth-order valence-corrected chi connectivity index (χ4v) is 3.08. The fourth-order valence-electron chi connectivity index (χ4n) is 3.08. The number of pyridine rings is 1. The quantitative estimate of drug-likeness (QED) is 0.916. The van der Waals surface area contributed by atoms with Crippen LogP contribution in [0.3, 0.4) is 0 Å². The topological polar surface area (TPSA) is 62.2 Å². The molecule has 4 heteroatoms. The molecule has 1 aliphatic carbocycles. The van der Waals surface area contributed by atoms with Crippen LogP contribution in [0.4, 0.5) is 0 Å². The SMILES string of the molecule is Cc1cccc(-c2cncc(C(=O)N[C@H]3CCCC[C@@H]3O)c2)c1. The average Bonchev–Trinajstić information content (AvgIpc) is 2.57. The van der Waals surface area contributed by atoms with E-state index in [4.69, 9.17) is 0 Å². The smallest absolute Gasteiger partial charge is 0.253 e. The number of carbonyl (C=O) groups is 1. The normalized spacial score (nSPS) is 21.0. The van der Waals surface area contributed by atoms with E-state index in [1.807, 2.05) is 31.2 Å². The first-order valence-corrected chi connectivity index (χ1v) is 8.14. The molecule has 23 heavy (non-hydrogen) atoms. The number of aliphatic hydroxyl groups excluding tert-OH is 1. The molecule has 120 valence electrons. The zero-order chi connectivity index (χ0) is 16.2. The first-order valence-electron chi connectivity index (χ1n) is 8.14. The molecule has 1 amide bonds. The Balaban J connectivity index is 1.78. The number of hydrogen-bond acceptors (Lipinski definition) is 3. The number of benzene rings is 1. The van der Waals surface area contributed by atoms with Gasteiger partial charge in [0.05, 0.1) is 17.7 Å². The van der Waals surface area contributed by atoms with E-state index in [1.54, 1.807) is 12.4 Å². The predicted molar refractivity (Wildman–Crippen MR) is 90.1 cm³/mol. The molecule has 1 heterocycles. The van der Waals surface area contributed by atoms with Crippen LogP contribution in [-0.2, 0) is 0 Å². The van der Waals surface area contributed by atoms with Crippen LogP contribution in [0, 0.1) is 6.92 Å². The van der Waals surface area contributed by atoms with Gasteiger partial charge in [-0.1, -0.05) is 42.7 Å². The highest BCUT2D eigenvalue weighted by Gasteiger charge is 2.25. The summed E-state index contributed by atoms with van der Waals surface area (Å²) in [6.07, 6.45) is 6.55. The molecule has 4 nitrogen and oxygen atoms in total. The van der Waals surface area contributed by atoms with Gasteiger partial charge >= 0.3 is 0 Å². The van der Waals surface area contributed by atoms with E-state index in [2.05, 4.69) is 16.4 Å². The first kappa shape index (κ1) is 15.7. The van der Waals surface area contributed by atoms with Crippen molar-refractivity contribution in [2.45, 2.75) is 44.8 Å². The Morgan fingerprint density at radius 2 is 2.00 bits per heavy atom. The van der Waals surface area contributed by atoms with Gasteiger partial charge in [-0.2, -0.15) is 0 Å². The Labute approximate surface area is 136 Å². The van der Waals surface area contributed by atoms with Crippen molar-refractivity contribution in [2.75, 3.05) is 0 Å². The number of carbonyl (C=O) groups excluding carboxylic acids is 1. The summed E-state index contributed by atoms with van der Waals surface area (Å²) in [4.78, 5) is 16.6. The summed E-state index contributed by atoms with van der Waals surface area (Å²) in [5.41, 5.74) is 3.67. The largest absolute Gasteiger partial charge is 0.391 e. The molecule has 1 aromatic heterocycles. The highest BCUT2D eigenvalue weighted by Crippen LogP contribution is 2.22. The number of aliphatic hydroxyl groups is 1. The van der Waals surface area contributed by atoms with Crippen LogP contribution in [0.2, 0.25) is 0 Å². The summed E-state index contributed by atoms with van der Waals surface area (Å²) in [6, 6.07) is 9.82. The second kappa shape index (κ2) is 6.92. The monoisotopic (exact) mass is 310 g/mol. The highest BCUT2D eigenvalue weighted by molar-refractivity contribution is 5.95.